The first kappa shape index (κ1) is 13.7. The van der Waals surface area contributed by atoms with Crippen LogP contribution in [-0.4, -0.2) is 14.0 Å². The van der Waals surface area contributed by atoms with Crippen molar-refractivity contribution < 1.29 is 4.55 Å². The Morgan fingerprint density at radius 1 is 1.33 bits per heavy atom. The number of nitrogens with zero attached hydrogens (tertiary/aromatic N) is 2. The van der Waals surface area contributed by atoms with E-state index < -0.39 is 9.34 Å². The lowest BCUT2D eigenvalue weighted by Gasteiger charge is -2.28. The minimum Gasteiger partial charge on any atom is -0.330 e. The molecule has 1 aromatic carbocycles. The lowest BCUT2D eigenvalue weighted by Crippen LogP contribution is -2.09. The average molecular weight is 298 g/mol. The summed E-state index contributed by atoms with van der Waals surface area (Å²) in [7, 11) is -0.725. The van der Waals surface area contributed by atoms with Gasteiger partial charge in [-0.25, -0.2) is 0 Å². The van der Waals surface area contributed by atoms with E-state index in [1.807, 2.05) is 30.3 Å². The lowest BCUT2D eigenvalue weighted by atomic mass is 10.2. The Balaban J connectivity index is 2.09. The van der Waals surface area contributed by atoms with Crippen LogP contribution in [0.1, 0.15) is 12.0 Å². The van der Waals surface area contributed by atoms with Crippen molar-refractivity contribution in [2.45, 2.75) is 12.2 Å². The summed E-state index contributed by atoms with van der Waals surface area (Å²) in [5.74, 6) is 0.711. The van der Waals surface area contributed by atoms with Crippen molar-refractivity contribution in [3.8, 4) is 0 Å². The zero-order valence-corrected chi connectivity index (χ0v) is 12.2. The van der Waals surface area contributed by atoms with E-state index in [9.17, 15) is 4.55 Å². The van der Waals surface area contributed by atoms with E-state index in [1.165, 1.54) is 10.8 Å². The van der Waals surface area contributed by atoms with Crippen LogP contribution in [0.3, 0.4) is 0 Å². The van der Waals surface area contributed by atoms with Crippen molar-refractivity contribution in [2.24, 2.45) is 10.2 Å². The molecular formula is C12H14N2OS3. The molecule has 3 nitrogen and oxygen atoms in total. The van der Waals surface area contributed by atoms with Crippen LogP contribution in [0.25, 0.3) is 0 Å². The molecule has 0 aromatic heterocycles. The molecule has 0 spiro atoms. The molecule has 18 heavy (non-hydrogen) atoms. The molecule has 1 N–H and O–H groups in total. The summed E-state index contributed by atoms with van der Waals surface area (Å²) in [4.78, 5) is 0. The van der Waals surface area contributed by atoms with E-state index in [0.29, 0.717) is 21.6 Å². The van der Waals surface area contributed by atoms with Crippen molar-refractivity contribution in [3.63, 3.8) is 0 Å². The molecule has 1 aromatic rings. The van der Waals surface area contributed by atoms with Gasteiger partial charge in [0.05, 0.1) is 0 Å². The molecule has 0 saturated heterocycles. The fraction of sp³-hybridized carbons (Fsp3) is 0.167. The van der Waals surface area contributed by atoms with E-state index in [0.717, 1.165) is 5.56 Å². The smallest absolute Gasteiger partial charge is 0.169 e. The summed E-state index contributed by atoms with van der Waals surface area (Å²) >= 11 is 4.24. The molecule has 1 heterocycles. The van der Waals surface area contributed by atoms with Gasteiger partial charge in [0.1, 0.15) is 5.04 Å². The number of hydrogen-bond donors (Lipinski definition) is 2. The molecule has 1 aliphatic rings. The number of benzene rings is 1. The normalized spacial score (nSPS) is 26.1. The van der Waals surface area contributed by atoms with Crippen LogP contribution in [0.15, 0.2) is 53.2 Å². The van der Waals surface area contributed by atoms with E-state index in [-0.39, 0.29) is 0 Å². The van der Waals surface area contributed by atoms with E-state index >= 15 is 0 Å². The number of rotatable bonds is 5. The van der Waals surface area contributed by atoms with Gasteiger partial charge in [-0.15, -0.1) is 29.4 Å². The Labute approximate surface area is 117 Å². The fourth-order valence-corrected chi connectivity index (χ4v) is 5.92. The Kier molecular flexibility index (Phi) is 4.55. The van der Waals surface area contributed by atoms with Crippen LogP contribution in [0.5, 0.6) is 0 Å². The third kappa shape index (κ3) is 2.83. The second kappa shape index (κ2) is 5.97. The monoisotopic (exact) mass is 298 g/mol. The van der Waals surface area contributed by atoms with Crippen molar-refractivity contribution >= 4 is 42.2 Å². The first-order valence-corrected chi connectivity index (χ1v) is 8.89. The molecule has 0 amide bonds. The molecule has 1 unspecified atom stereocenters. The van der Waals surface area contributed by atoms with Gasteiger partial charge in [-0.05, 0) is 5.56 Å². The van der Waals surface area contributed by atoms with Crippen LogP contribution in [0, 0.1) is 0 Å². The Morgan fingerprint density at radius 3 is 2.72 bits per heavy atom. The Morgan fingerprint density at radius 2 is 2.06 bits per heavy atom. The standard InChI is InChI=1S/C12H14N2OS3/c1-2-6-11-13-14-12(16)18(11,15)17-9-10-7-4-3-5-8-10/h2-5,7-8,15H,1,6,9H2,(H,14,16). The Hall–Kier alpha value is -0.690. The predicted octanol–water partition coefficient (Wildman–Crippen LogP) is 4.30. The van der Waals surface area contributed by atoms with Crippen molar-refractivity contribution in [1.29, 1.82) is 0 Å². The van der Waals surface area contributed by atoms with Gasteiger partial charge in [0.25, 0.3) is 0 Å². The molecule has 0 saturated carbocycles. The van der Waals surface area contributed by atoms with Gasteiger partial charge in [-0.3, -0.25) is 0 Å². The highest BCUT2D eigenvalue weighted by atomic mass is 33.2. The zero-order valence-electron chi connectivity index (χ0n) is 9.69. The second-order valence-corrected chi connectivity index (χ2v) is 8.96. The van der Waals surface area contributed by atoms with E-state index in [4.69, 9.17) is 0 Å². The highest BCUT2D eigenvalue weighted by Gasteiger charge is 2.36. The van der Waals surface area contributed by atoms with Crippen LogP contribution >= 0.6 is 32.8 Å². The lowest BCUT2D eigenvalue weighted by molar-refractivity contribution is 0.663. The maximum absolute atomic E-state index is 10.7. The van der Waals surface area contributed by atoms with E-state index in [2.05, 4.69) is 29.4 Å². The summed E-state index contributed by atoms with van der Waals surface area (Å²) in [6, 6.07) is 10.0. The number of hydrogen-bond acceptors (Lipinski definition) is 4. The van der Waals surface area contributed by atoms with Crippen molar-refractivity contribution in [3.05, 3.63) is 48.6 Å². The van der Waals surface area contributed by atoms with Gasteiger partial charge in [0.2, 0.25) is 0 Å². The molecular weight excluding hydrogens is 284 g/mol. The maximum atomic E-state index is 10.7. The molecule has 1 aliphatic heterocycles. The first-order valence-electron chi connectivity index (χ1n) is 5.35. The van der Waals surface area contributed by atoms with Gasteiger partial charge < -0.3 is 4.55 Å². The molecule has 0 fully saturated rings. The summed E-state index contributed by atoms with van der Waals surface area (Å²) in [6.45, 7) is 3.67. The Bertz CT molecular complexity index is 501. The number of allylic oxidation sites excluding steroid dienone is 1. The van der Waals surface area contributed by atoms with Crippen LogP contribution in [0.2, 0.25) is 0 Å². The molecule has 96 valence electrons. The predicted molar refractivity (Wildman–Crippen MR) is 86.6 cm³/mol. The minimum absolute atomic E-state index is 0.417. The summed E-state index contributed by atoms with van der Waals surface area (Å²) in [5, 5.41) is 8.55. The topological polar surface area (TPSA) is 45.0 Å². The quantitative estimate of drug-likeness (QED) is 0.483. The molecule has 0 bridgehead atoms. The van der Waals surface area contributed by atoms with Crippen LogP contribution in [0.4, 0.5) is 0 Å². The first-order chi connectivity index (χ1) is 8.66. The zero-order chi connectivity index (χ0) is 13.0. The molecule has 0 aliphatic carbocycles. The summed E-state index contributed by atoms with van der Waals surface area (Å²) < 4.78 is 11.1. The maximum Gasteiger partial charge on any atom is 0.169 e. The van der Waals surface area contributed by atoms with Gasteiger partial charge in [-0.2, -0.15) is 0 Å². The van der Waals surface area contributed by atoms with Crippen LogP contribution in [-0.2, 0) is 5.75 Å². The third-order valence-corrected chi connectivity index (χ3v) is 8.31. The summed E-state index contributed by atoms with van der Waals surface area (Å²) in [6.07, 6.45) is 2.27. The summed E-state index contributed by atoms with van der Waals surface area (Å²) in [5.41, 5.74) is 1.16. The highest BCUT2D eigenvalue weighted by molar-refractivity contribution is 9.05. The van der Waals surface area contributed by atoms with Crippen LogP contribution < -0.4 is 0 Å². The molecule has 6 heteroatoms. The molecule has 0 radical (unpaired) electrons. The van der Waals surface area contributed by atoms with Gasteiger partial charge in [-0.1, -0.05) is 47.2 Å². The largest absolute Gasteiger partial charge is 0.330 e. The van der Waals surface area contributed by atoms with Gasteiger partial charge in [0.15, 0.2) is 4.38 Å². The van der Waals surface area contributed by atoms with Crippen molar-refractivity contribution in [2.75, 3.05) is 0 Å². The van der Waals surface area contributed by atoms with Crippen molar-refractivity contribution in [1.82, 2.24) is 0 Å². The second-order valence-electron chi connectivity index (χ2n) is 3.64. The average Bonchev–Trinajstić information content (AvgIpc) is 2.67. The minimum atomic E-state index is -2.17. The SMILES string of the molecule is C=CCC1=NN=C(S)S1(O)SCc1ccccc1. The molecule has 1 atom stereocenters. The fourth-order valence-electron chi connectivity index (χ4n) is 1.44. The van der Waals surface area contributed by atoms with E-state index in [1.54, 1.807) is 6.08 Å². The van der Waals surface area contributed by atoms with Gasteiger partial charge >= 0.3 is 0 Å². The van der Waals surface area contributed by atoms with Gasteiger partial charge in [0, 0.05) is 21.5 Å². The molecule has 2 rings (SSSR count). The highest BCUT2D eigenvalue weighted by Crippen LogP contribution is 2.63. The number of thiol groups is 1. The third-order valence-electron chi connectivity index (χ3n) is 2.37.